The van der Waals surface area contributed by atoms with Crippen LogP contribution in [0.2, 0.25) is 0 Å². The molecule has 16 heavy (non-hydrogen) atoms. The SMILES string of the molecule is C=C(/C=C\C=C/C)CCC(=C)NCC(C)C. The van der Waals surface area contributed by atoms with Gasteiger partial charge in [-0.3, -0.25) is 0 Å². The zero-order chi connectivity index (χ0) is 12.4. The highest BCUT2D eigenvalue weighted by Gasteiger charge is 1.97. The van der Waals surface area contributed by atoms with E-state index < -0.39 is 0 Å². The molecule has 0 rings (SSSR count). The van der Waals surface area contributed by atoms with Crippen molar-refractivity contribution < 1.29 is 0 Å². The second-order valence-corrected chi connectivity index (χ2v) is 4.42. The van der Waals surface area contributed by atoms with Crippen molar-refractivity contribution in [3.8, 4) is 0 Å². The second-order valence-electron chi connectivity index (χ2n) is 4.42. The van der Waals surface area contributed by atoms with E-state index >= 15 is 0 Å². The van der Waals surface area contributed by atoms with Gasteiger partial charge in [0.15, 0.2) is 0 Å². The summed E-state index contributed by atoms with van der Waals surface area (Å²) in [5.74, 6) is 0.662. The number of hydrogen-bond donors (Lipinski definition) is 1. The van der Waals surface area contributed by atoms with Crippen LogP contribution in [0.3, 0.4) is 0 Å². The van der Waals surface area contributed by atoms with Crippen molar-refractivity contribution in [2.75, 3.05) is 6.54 Å². The van der Waals surface area contributed by atoms with E-state index in [1.54, 1.807) is 0 Å². The van der Waals surface area contributed by atoms with E-state index in [4.69, 9.17) is 0 Å². The van der Waals surface area contributed by atoms with Gasteiger partial charge in [0.25, 0.3) is 0 Å². The lowest BCUT2D eigenvalue weighted by molar-refractivity contribution is 0.586. The Bertz CT molecular complexity index is 269. The molecule has 0 amide bonds. The molecular weight excluding hydrogens is 194 g/mol. The number of allylic oxidation sites excluding steroid dienone is 6. The van der Waals surface area contributed by atoms with Gasteiger partial charge in [-0.05, 0) is 25.7 Å². The topological polar surface area (TPSA) is 12.0 Å². The molecule has 0 radical (unpaired) electrons. The van der Waals surface area contributed by atoms with E-state index in [0.29, 0.717) is 5.92 Å². The van der Waals surface area contributed by atoms with Crippen LogP contribution in [-0.2, 0) is 0 Å². The van der Waals surface area contributed by atoms with Gasteiger partial charge in [-0.25, -0.2) is 0 Å². The summed E-state index contributed by atoms with van der Waals surface area (Å²) in [6.45, 7) is 15.4. The molecule has 0 aliphatic carbocycles. The van der Waals surface area contributed by atoms with Gasteiger partial charge in [0, 0.05) is 12.2 Å². The maximum atomic E-state index is 4.00. The van der Waals surface area contributed by atoms with Gasteiger partial charge in [-0.1, -0.05) is 56.9 Å². The van der Waals surface area contributed by atoms with Crippen LogP contribution in [0.5, 0.6) is 0 Å². The van der Waals surface area contributed by atoms with Gasteiger partial charge in [0.05, 0.1) is 0 Å². The molecular formula is C15H25N. The van der Waals surface area contributed by atoms with Gasteiger partial charge in [-0.2, -0.15) is 0 Å². The molecule has 90 valence electrons. The van der Waals surface area contributed by atoms with Crippen LogP contribution in [-0.4, -0.2) is 6.54 Å². The largest absolute Gasteiger partial charge is 0.389 e. The molecule has 0 aromatic rings. The fourth-order valence-electron chi connectivity index (χ4n) is 1.13. The number of nitrogens with one attached hydrogen (secondary N) is 1. The summed E-state index contributed by atoms with van der Waals surface area (Å²) in [4.78, 5) is 0. The van der Waals surface area contributed by atoms with Crippen LogP contribution in [0.1, 0.15) is 33.6 Å². The summed E-state index contributed by atoms with van der Waals surface area (Å²) in [6.07, 6.45) is 10.0. The predicted molar refractivity (Wildman–Crippen MR) is 74.3 cm³/mol. The fourth-order valence-corrected chi connectivity index (χ4v) is 1.13. The molecule has 0 aromatic carbocycles. The summed E-state index contributed by atoms with van der Waals surface area (Å²) >= 11 is 0. The first-order valence-electron chi connectivity index (χ1n) is 5.95. The molecule has 0 aromatic heterocycles. The Balaban J connectivity index is 3.71. The minimum atomic E-state index is 0.662. The molecule has 0 saturated heterocycles. The summed E-state index contributed by atoms with van der Waals surface area (Å²) in [6, 6.07) is 0. The van der Waals surface area contributed by atoms with Crippen molar-refractivity contribution in [2.24, 2.45) is 5.92 Å². The first-order valence-corrected chi connectivity index (χ1v) is 5.95. The first kappa shape index (κ1) is 14.8. The normalized spacial score (nSPS) is 11.5. The molecule has 0 bridgehead atoms. The van der Waals surface area contributed by atoms with Gasteiger partial charge in [0.2, 0.25) is 0 Å². The molecule has 0 fully saturated rings. The minimum absolute atomic E-state index is 0.662. The number of hydrogen-bond acceptors (Lipinski definition) is 1. The maximum absolute atomic E-state index is 4.00. The Morgan fingerprint density at radius 3 is 2.44 bits per heavy atom. The highest BCUT2D eigenvalue weighted by molar-refractivity contribution is 5.19. The lowest BCUT2D eigenvalue weighted by atomic mass is 10.1. The molecule has 1 nitrogen and oxygen atoms in total. The molecule has 1 heteroatoms. The third-order valence-corrected chi connectivity index (χ3v) is 2.14. The van der Waals surface area contributed by atoms with E-state index in [1.165, 1.54) is 0 Å². The van der Waals surface area contributed by atoms with E-state index in [2.05, 4.69) is 38.4 Å². The van der Waals surface area contributed by atoms with Crippen LogP contribution in [0.25, 0.3) is 0 Å². The molecule has 0 atom stereocenters. The van der Waals surface area contributed by atoms with Crippen LogP contribution in [0, 0.1) is 5.92 Å². The third kappa shape index (κ3) is 9.32. The lowest BCUT2D eigenvalue weighted by Gasteiger charge is -2.11. The minimum Gasteiger partial charge on any atom is -0.389 e. The number of rotatable bonds is 8. The van der Waals surface area contributed by atoms with E-state index in [1.807, 2.05) is 25.2 Å². The average Bonchev–Trinajstić information content (AvgIpc) is 2.24. The summed E-state index contributed by atoms with van der Waals surface area (Å²) in [5, 5.41) is 3.33. The van der Waals surface area contributed by atoms with E-state index in [9.17, 15) is 0 Å². The Labute approximate surface area is 101 Å². The molecule has 0 saturated carbocycles. The predicted octanol–water partition coefficient (Wildman–Crippen LogP) is 4.21. The van der Waals surface area contributed by atoms with Crippen molar-refractivity contribution in [1.29, 1.82) is 0 Å². The Hall–Kier alpha value is -1.24. The van der Waals surface area contributed by atoms with E-state index in [-0.39, 0.29) is 0 Å². The molecule has 0 spiro atoms. The Kier molecular flexibility index (Phi) is 8.32. The Morgan fingerprint density at radius 2 is 1.88 bits per heavy atom. The Morgan fingerprint density at radius 1 is 1.19 bits per heavy atom. The summed E-state index contributed by atoms with van der Waals surface area (Å²) in [5.41, 5.74) is 2.25. The molecule has 1 N–H and O–H groups in total. The zero-order valence-electron chi connectivity index (χ0n) is 10.9. The van der Waals surface area contributed by atoms with Crippen LogP contribution >= 0.6 is 0 Å². The van der Waals surface area contributed by atoms with Crippen LogP contribution < -0.4 is 5.32 Å². The van der Waals surface area contributed by atoms with E-state index in [0.717, 1.165) is 30.7 Å². The van der Waals surface area contributed by atoms with Crippen LogP contribution in [0.15, 0.2) is 48.7 Å². The van der Waals surface area contributed by atoms with Gasteiger partial charge < -0.3 is 5.32 Å². The monoisotopic (exact) mass is 219 g/mol. The van der Waals surface area contributed by atoms with Gasteiger partial charge in [0.1, 0.15) is 0 Å². The molecule has 0 aliphatic heterocycles. The van der Waals surface area contributed by atoms with Crippen molar-refractivity contribution in [3.63, 3.8) is 0 Å². The molecule has 0 heterocycles. The maximum Gasteiger partial charge on any atom is 0.0166 e. The highest BCUT2D eigenvalue weighted by Crippen LogP contribution is 2.08. The summed E-state index contributed by atoms with van der Waals surface area (Å²) < 4.78 is 0. The summed E-state index contributed by atoms with van der Waals surface area (Å²) in [7, 11) is 0. The highest BCUT2D eigenvalue weighted by atomic mass is 14.9. The molecule has 0 aliphatic rings. The van der Waals surface area contributed by atoms with Crippen molar-refractivity contribution in [2.45, 2.75) is 33.6 Å². The first-order chi connectivity index (χ1) is 7.56. The van der Waals surface area contributed by atoms with Gasteiger partial charge >= 0.3 is 0 Å². The fraction of sp³-hybridized carbons (Fsp3) is 0.467. The molecule has 0 unspecified atom stereocenters. The van der Waals surface area contributed by atoms with Crippen molar-refractivity contribution in [3.05, 3.63) is 48.7 Å². The van der Waals surface area contributed by atoms with Crippen molar-refractivity contribution in [1.82, 2.24) is 5.32 Å². The van der Waals surface area contributed by atoms with Gasteiger partial charge in [-0.15, -0.1) is 0 Å². The standard InChI is InChI=1S/C15H25N/c1-6-7-8-9-14(4)10-11-15(5)16-12-13(2)3/h6-9,13,16H,4-5,10-12H2,1-3H3/b7-6-,9-8-. The lowest BCUT2D eigenvalue weighted by Crippen LogP contribution is -2.18. The third-order valence-electron chi connectivity index (χ3n) is 2.14. The second kappa shape index (κ2) is 9.02. The zero-order valence-corrected chi connectivity index (χ0v) is 10.9. The smallest absolute Gasteiger partial charge is 0.0166 e. The van der Waals surface area contributed by atoms with Crippen molar-refractivity contribution >= 4 is 0 Å². The quantitative estimate of drug-likeness (QED) is 0.603. The average molecular weight is 219 g/mol. The van der Waals surface area contributed by atoms with Crippen LogP contribution in [0.4, 0.5) is 0 Å².